The summed E-state index contributed by atoms with van der Waals surface area (Å²) in [6.45, 7) is -0.290. The van der Waals surface area contributed by atoms with E-state index in [1.54, 1.807) is 12.1 Å². The maximum Gasteiger partial charge on any atom is 0.273 e. The minimum Gasteiger partial charge on any atom is -0.507 e. The average molecular weight is 603 g/mol. The lowest BCUT2D eigenvalue weighted by Gasteiger charge is -2.13. The van der Waals surface area contributed by atoms with Gasteiger partial charge in [0, 0.05) is 4.47 Å². The molecule has 0 spiro atoms. The van der Waals surface area contributed by atoms with Gasteiger partial charge in [0.1, 0.15) is 11.5 Å². The number of hydrogen-bond acceptors (Lipinski definition) is 5. The quantitative estimate of drug-likeness (QED) is 0.195. The Kier molecular flexibility index (Phi) is 7.30. The number of benzene rings is 4. The van der Waals surface area contributed by atoms with E-state index in [2.05, 4.69) is 48.0 Å². The lowest BCUT2D eigenvalue weighted by atomic mass is 10.1. The second-order valence-corrected chi connectivity index (χ2v) is 9.32. The first-order valence-corrected chi connectivity index (χ1v) is 11.9. The summed E-state index contributed by atoms with van der Waals surface area (Å²) < 4.78 is 7.30. The molecule has 34 heavy (non-hydrogen) atoms. The summed E-state index contributed by atoms with van der Waals surface area (Å²) in [5.41, 5.74) is 4.87. The van der Waals surface area contributed by atoms with Crippen LogP contribution in [0.5, 0.6) is 11.5 Å². The summed E-state index contributed by atoms with van der Waals surface area (Å²) in [7, 11) is 0. The fourth-order valence-corrected chi connectivity index (χ4v) is 4.43. The molecule has 4 rings (SSSR count). The normalized spacial score (nSPS) is 10.6. The minimum absolute atomic E-state index is 0.0665. The Bertz CT molecular complexity index is 1440. The van der Waals surface area contributed by atoms with Crippen molar-refractivity contribution in [3.8, 4) is 11.5 Å². The zero-order chi connectivity index (χ0) is 24.2. The zero-order valence-corrected chi connectivity index (χ0v) is 21.4. The number of halogens is 2. The molecule has 7 nitrogen and oxygen atoms in total. The van der Waals surface area contributed by atoms with Crippen molar-refractivity contribution in [3.05, 3.63) is 81.2 Å². The number of phenols is 1. The van der Waals surface area contributed by atoms with E-state index in [0.29, 0.717) is 5.75 Å². The molecule has 0 heterocycles. The first kappa shape index (κ1) is 23.9. The van der Waals surface area contributed by atoms with E-state index >= 15 is 0 Å². The maximum absolute atomic E-state index is 12.4. The summed E-state index contributed by atoms with van der Waals surface area (Å²) in [5.74, 6) is -0.787. The molecule has 0 saturated carbocycles. The Morgan fingerprint density at radius 3 is 2.41 bits per heavy atom. The highest BCUT2D eigenvalue weighted by Gasteiger charge is 2.14. The number of hydrogen-bond donors (Lipinski definition) is 4. The van der Waals surface area contributed by atoms with E-state index in [-0.39, 0.29) is 23.0 Å². The van der Waals surface area contributed by atoms with Gasteiger partial charge >= 0.3 is 0 Å². The molecule has 0 bridgehead atoms. The van der Waals surface area contributed by atoms with Crippen molar-refractivity contribution >= 4 is 82.5 Å². The molecule has 0 atom stereocenters. The molecule has 172 valence electrons. The number of amides is 2. The van der Waals surface area contributed by atoms with E-state index in [4.69, 9.17) is 17.0 Å². The Balaban J connectivity index is 1.30. The molecule has 2 amide bonds. The highest BCUT2D eigenvalue weighted by Crippen LogP contribution is 2.34. The molecule has 10 heteroatoms. The van der Waals surface area contributed by atoms with Gasteiger partial charge in [-0.2, -0.15) is 0 Å². The number of carbonyl (C=O) groups excluding carboxylic acids is 2. The smallest absolute Gasteiger partial charge is 0.273 e. The van der Waals surface area contributed by atoms with Gasteiger partial charge in [0.15, 0.2) is 11.7 Å². The SMILES string of the molecule is O=C(COc1ccc2cc(Br)ccc2c1Br)NC(=S)NNC(=O)c1cc2ccccc2cc1O. The molecule has 4 N–H and O–H groups in total. The lowest BCUT2D eigenvalue weighted by molar-refractivity contribution is -0.121. The first-order chi connectivity index (χ1) is 16.3. The summed E-state index contributed by atoms with van der Waals surface area (Å²) in [4.78, 5) is 24.7. The Morgan fingerprint density at radius 1 is 0.912 bits per heavy atom. The average Bonchev–Trinajstić information content (AvgIpc) is 2.81. The number of phenolic OH excluding ortho intramolecular Hbond substituents is 1. The zero-order valence-electron chi connectivity index (χ0n) is 17.4. The molecule has 0 aliphatic heterocycles. The van der Waals surface area contributed by atoms with Crippen LogP contribution in [0.15, 0.2) is 75.7 Å². The van der Waals surface area contributed by atoms with Crippen LogP contribution in [-0.2, 0) is 4.79 Å². The van der Waals surface area contributed by atoms with Gasteiger partial charge in [0.05, 0.1) is 10.0 Å². The fourth-order valence-electron chi connectivity index (χ4n) is 3.28. The third-order valence-corrected chi connectivity index (χ3v) is 6.41. The maximum atomic E-state index is 12.4. The van der Waals surface area contributed by atoms with E-state index in [0.717, 1.165) is 30.5 Å². The molecule has 0 aromatic heterocycles. The van der Waals surface area contributed by atoms with Crippen LogP contribution in [0.4, 0.5) is 0 Å². The Morgan fingerprint density at radius 2 is 1.65 bits per heavy atom. The summed E-state index contributed by atoms with van der Waals surface area (Å²) in [6, 6.07) is 19.9. The van der Waals surface area contributed by atoms with Crippen LogP contribution >= 0.6 is 44.1 Å². The number of fused-ring (bicyclic) bond motifs is 2. The van der Waals surface area contributed by atoms with E-state index in [1.165, 1.54) is 6.07 Å². The van der Waals surface area contributed by atoms with E-state index in [1.807, 2.05) is 48.5 Å². The van der Waals surface area contributed by atoms with Gasteiger partial charge in [0.2, 0.25) is 0 Å². The number of hydrazine groups is 1. The molecular weight excluding hydrogens is 586 g/mol. The predicted molar refractivity (Wildman–Crippen MR) is 142 cm³/mol. The van der Waals surface area contributed by atoms with E-state index in [9.17, 15) is 14.7 Å². The van der Waals surface area contributed by atoms with Gasteiger partial charge in [0.25, 0.3) is 11.8 Å². The Labute approximate surface area is 216 Å². The van der Waals surface area contributed by atoms with Gasteiger partial charge in [-0.05, 0) is 80.0 Å². The van der Waals surface area contributed by atoms with Crippen LogP contribution in [0, 0.1) is 0 Å². The van der Waals surface area contributed by atoms with Crippen LogP contribution in [0.25, 0.3) is 21.5 Å². The van der Waals surface area contributed by atoms with Crippen LogP contribution in [0.1, 0.15) is 10.4 Å². The fraction of sp³-hybridized carbons (Fsp3) is 0.0417. The summed E-state index contributed by atoms with van der Waals surface area (Å²) in [6.07, 6.45) is 0. The number of ether oxygens (including phenoxy) is 1. The van der Waals surface area contributed by atoms with Gasteiger partial charge in [-0.1, -0.05) is 52.3 Å². The van der Waals surface area contributed by atoms with Gasteiger partial charge in [-0.3, -0.25) is 25.8 Å². The van der Waals surface area contributed by atoms with Gasteiger partial charge in [-0.15, -0.1) is 0 Å². The lowest BCUT2D eigenvalue weighted by Crippen LogP contribution is -2.49. The van der Waals surface area contributed by atoms with Crippen molar-refractivity contribution in [1.29, 1.82) is 0 Å². The second-order valence-electron chi connectivity index (χ2n) is 7.20. The van der Waals surface area contributed by atoms with Crippen molar-refractivity contribution in [2.45, 2.75) is 0 Å². The molecule has 0 aliphatic carbocycles. The van der Waals surface area contributed by atoms with Crippen LogP contribution < -0.4 is 20.9 Å². The highest BCUT2D eigenvalue weighted by atomic mass is 79.9. The van der Waals surface area contributed by atoms with E-state index < -0.39 is 11.8 Å². The topological polar surface area (TPSA) is 99.7 Å². The first-order valence-electron chi connectivity index (χ1n) is 9.94. The molecule has 4 aromatic carbocycles. The number of thiocarbonyl (C=S) groups is 1. The van der Waals surface area contributed by atoms with Gasteiger partial charge in [-0.25, -0.2) is 0 Å². The van der Waals surface area contributed by atoms with Crippen molar-refractivity contribution in [2.24, 2.45) is 0 Å². The van der Waals surface area contributed by atoms with Crippen molar-refractivity contribution < 1.29 is 19.4 Å². The number of carbonyl (C=O) groups is 2. The Hall–Kier alpha value is -3.21. The summed E-state index contributed by atoms with van der Waals surface area (Å²) >= 11 is 12.0. The van der Waals surface area contributed by atoms with Crippen molar-refractivity contribution in [3.63, 3.8) is 0 Å². The highest BCUT2D eigenvalue weighted by molar-refractivity contribution is 9.11. The van der Waals surface area contributed by atoms with Crippen LogP contribution in [-0.4, -0.2) is 28.6 Å². The molecule has 0 unspecified atom stereocenters. The predicted octanol–water partition coefficient (Wildman–Crippen LogP) is 4.94. The van der Waals surface area contributed by atoms with Crippen LogP contribution in [0.2, 0.25) is 0 Å². The number of rotatable bonds is 4. The number of aromatic hydroxyl groups is 1. The molecule has 0 saturated heterocycles. The largest absolute Gasteiger partial charge is 0.507 e. The second kappa shape index (κ2) is 10.4. The summed E-state index contributed by atoms with van der Waals surface area (Å²) in [5, 5.41) is 16.0. The van der Waals surface area contributed by atoms with Gasteiger partial charge < -0.3 is 9.84 Å². The molecular formula is C24H17Br2N3O4S. The molecule has 4 aromatic rings. The van der Waals surface area contributed by atoms with Crippen molar-refractivity contribution in [2.75, 3.05) is 6.61 Å². The standard InChI is InChI=1S/C24H17Br2N3O4S/c25-16-6-7-17-15(9-16)5-8-20(22(17)26)33-12-21(31)27-24(34)29-28-23(32)18-10-13-3-1-2-4-14(13)11-19(18)30/h1-11,30H,12H2,(H,28,32)(H2,27,29,31,34). The molecule has 0 radical (unpaired) electrons. The number of nitrogens with one attached hydrogen (secondary N) is 3. The molecule has 0 aliphatic rings. The van der Waals surface area contributed by atoms with Crippen molar-refractivity contribution in [1.82, 2.24) is 16.2 Å². The third-order valence-electron chi connectivity index (χ3n) is 4.89. The third kappa shape index (κ3) is 5.46. The molecule has 0 fully saturated rings. The van der Waals surface area contributed by atoms with Crippen LogP contribution in [0.3, 0.4) is 0 Å². The monoisotopic (exact) mass is 601 g/mol. The minimum atomic E-state index is -0.608.